The number of ether oxygens (including phenoxy) is 7. The normalized spacial score (nSPS) is 19.6. The number of esters is 3. The first-order valence-electron chi connectivity index (χ1n) is 30.7. The van der Waals surface area contributed by atoms with E-state index in [0.717, 1.165) is 50.5 Å². The van der Waals surface area contributed by atoms with Crippen molar-refractivity contribution in [3.05, 3.63) is 156 Å². The molecule has 0 radical (unpaired) electrons. The third-order valence-electron chi connectivity index (χ3n) is 15.1. The number of amides is 1. The molecule has 6 rings (SSSR count). The minimum atomic E-state index is -1.39. The van der Waals surface area contributed by atoms with Crippen molar-refractivity contribution in [1.29, 1.82) is 0 Å². The van der Waals surface area contributed by atoms with Gasteiger partial charge in [0.1, 0.15) is 18.3 Å². The van der Waals surface area contributed by atoms with Crippen molar-refractivity contribution in [3.63, 3.8) is 0 Å². The topological polar surface area (TPSA) is 145 Å². The summed E-state index contributed by atoms with van der Waals surface area (Å²) in [4.78, 5) is 56.4. The predicted octanol–water partition coefficient (Wildman–Crippen LogP) is 15.7. The van der Waals surface area contributed by atoms with Crippen LogP contribution in [0.4, 0.5) is 0 Å². The van der Waals surface area contributed by atoms with E-state index >= 15 is 0 Å². The molecule has 2 saturated heterocycles. The highest BCUT2D eigenvalue weighted by molar-refractivity contribution is 5.91. The number of hydrogen-bond acceptors (Lipinski definition) is 11. The molecule has 2 aliphatic rings. The number of carbonyl (C=O) groups excluding carboxylic acids is 4. The average molecular weight is 1100 g/mol. The number of hydrogen-bond donors (Lipinski definition) is 1. The molecule has 2 heterocycles. The van der Waals surface area contributed by atoms with Crippen LogP contribution >= 0.6 is 0 Å². The zero-order chi connectivity index (χ0) is 56.2. The van der Waals surface area contributed by atoms with Crippen LogP contribution in [0.1, 0.15) is 224 Å². The monoisotopic (exact) mass is 1100 g/mol. The van der Waals surface area contributed by atoms with E-state index in [4.69, 9.17) is 33.2 Å². The summed E-state index contributed by atoms with van der Waals surface area (Å²) in [5.41, 5.74) is 1.63. The standard InChI is InChI=1S/C68H93NO11/c1-3-5-7-9-11-13-15-17-19-21-23-25-39-49-58(76-64(71)53-41-31-27-32-42-53)57(69-60(70)50-40-26-24-22-20-18-16-14-12-10-8-6-4-2)51-74-68-63(79-66(73)55-45-35-29-36-46-55)62(78-65(72)54-43-33-28-34-44-54)61-59(77-68)52-75-67(80-61)56-47-37-30-38-48-56/h27-39,41-49,57-59,61-63,67-68H,3-26,40,50-52H2,1-2H3,(H,69,70)/b49-39+/t57-,58+,59+,61+,62-,63-,67?,68-/m0/s1. The third kappa shape index (κ3) is 23.1. The summed E-state index contributed by atoms with van der Waals surface area (Å²) in [5.74, 6) is -2.15. The highest BCUT2D eigenvalue weighted by Crippen LogP contribution is 2.38. The quantitative estimate of drug-likeness (QED) is 0.0197. The molecular weight excluding hydrogens is 1010 g/mol. The molecule has 1 N–H and O–H groups in total. The molecule has 0 bridgehead atoms. The summed E-state index contributed by atoms with van der Waals surface area (Å²) in [5, 5.41) is 3.19. The lowest BCUT2D eigenvalue weighted by Crippen LogP contribution is -2.64. The number of fused-ring (bicyclic) bond motifs is 1. The van der Waals surface area contributed by atoms with Crippen LogP contribution in [0.25, 0.3) is 0 Å². The van der Waals surface area contributed by atoms with Crippen LogP contribution in [0.15, 0.2) is 133 Å². The lowest BCUT2D eigenvalue weighted by Gasteiger charge is -2.48. The van der Waals surface area contributed by atoms with Crippen LogP contribution in [0.2, 0.25) is 0 Å². The van der Waals surface area contributed by atoms with Crippen molar-refractivity contribution in [1.82, 2.24) is 5.32 Å². The van der Waals surface area contributed by atoms with E-state index < -0.39 is 67.0 Å². The molecule has 12 heteroatoms. The summed E-state index contributed by atoms with van der Waals surface area (Å²) in [6.45, 7) is 4.26. The van der Waals surface area contributed by atoms with Gasteiger partial charge in [-0.2, -0.15) is 0 Å². The van der Waals surface area contributed by atoms with E-state index in [9.17, 15) is 19.2 Å². The fourth-order valence-corrected chi connectivity index (χ4v) is 10.4. The summed E-state index contributed by atoms with van der Waals surface area (Å²) in [6.07, 6.45) is 26.1. The lowest BCUT2D eigenvalue weighted by molar-refractivity contribution is -0.360. The molecule has 2 fully saturated rings. The van der Waals surface area contributed by atoms with Crippen LogP contribution in [-0.4, -0.2) is 79.9 Å². The molecule has 80 heavy (non-hydrogen) atoms. The Hall–Kier alpha value is -5.66. The van der Waals surface area contributed by atoms with Gasteiger partial charge in [-0.15, -0.1) is 0 Å². The highest BCUT2D eigenvalue weighted by Gasteiger charge is 2.54. The maximum Gasteiger partial charge on any atom is 0.338 e. The second-order valence-corrected chi connectivity index (χ2v) is 21.7. The van der Waals surface area contributed by atoms with E-state index in [1.165, 1.54) is 109 Å². The van der Waals surface area contributed by atoms with E-state index in [2.05, 4.69) is 19.2 Å². The van der Waals surface area contributed by atoms with Crippen LogP contribution < -0.4 is 5.32 Å². The molecule has 8 atom stereocenters. The van der Waals surface area contributed by atoms with Crippen molar-refractivity contribution in [2.24, 2.45) is 0 Å². The van der Waals surface area contributed by atoms with Gasteiger partial charge in [0, 0.05) is 12.0 Å². The molecule has 436 valence electrons. The van der Waals surface area contributed by atoms with Crippen LogP contribution in [0.3, 0.4) is 0 Å². The maximum atomic E-state index is 14.2. The molecule has 12 nitrogen and oxygen atoms in total. The number of benzene rings is 4. The Morgan fingerprint density at radius 1 is 0.525 bits per heavy atom. The second kappa shape index (κ2) is 38.1. The van der Waals surface area contributed by atoms with Crippen molar-refractivity contribution in [2.45, 2.75) is 230 Å². The van der Waals surface area contributed by atoms with Gasteiger partial charge in [-0.25, -0.2) is 14.4 Å². The summed E-state index contributed by atoms with van der Waals surface area (Å²) in [7, 11) is 0. The number of unbranched alkanes of at least 4 members (excludes halogenated alkanes) is 23. The fourth-order valence-electron chi connectivity index (χ4n) is 10.4. The third-order valence-corrected chi connectivity index (χ3v) is 15.1. The van der Waals surface area contributed by atoms with Gasteiger partial charge in [0.2, 0.25) is 5.91 Å². The van der Waals surface area contributed by atoms with Crippen LogP contribution in [0, 0.1) is 0 Å². The molecule has 4 aromatic rings. The predicted molar refractivity (Wildman–Crippen MR) is 314 cm³/mol. The van der Waals surface area contributed by atoms with Gasteiger partial charge in [0.15, 0.2) is 24.8 Å². The Bertz CT molecular complexity index is 2330. The van der Waals surface area contributed by atoms with Gasteiger partial charge in [-0.1, -0.05) is 246 Å². The molecule has 1 unspecified atom stereocenters. The maximum absolute atomic E-state index is 14.2. The minimum absolute atomic E-state index is 0.0151. The molecule has 0 aliphatic carbocycles. The zero-order valence-corrected chi connectivity index (χ0v) is 48.1. The van der Waals surface area contributed by atoms with E-state index in [0.29, 0.717) is 12.0 Å². The van der Waals surface area contributed by atoms with Gasteiger partial charge >= 0.3 is 17.9 Å². The minimum Gasteiger partial charge on any atom is -0.452 e. The van der Waals surface area contributed by atoms with Crippen molar-refractivity contribution in [3.8, 4) is 0 Å². The molecule has 1 amide bonds. The molecule has 0 spiro atoms. The molecule has 4 aromatic carbocycles. The SMILES string of the molecule is CCCCCCCCCCCCC/C=C/[C@@H](OC(=O)c1ccccc1)[C@H](CO[C@H]1O[C@@H]2COC(c3ccccc3)O[C@H]2[C@H](OC(=O)c2ccccc2)[C@@H]1OC(=O)c1ccccc1)NC(=O)CCCCCCCCCCCCCCC. The first kappa shape index (κ1) is 63.5. The first-order valence-corrected chi connectivity index (χ1v) is 30.7. The van der Waals surface area contributed by atoms with Gasteiger partial charge in [-0.3, -0.25) is 4.79 Å². The van der Waals surface area contributed by atoms with E-state index in [-0.39, 0.29) is 36.7 Å². The van der Waals surface area contributed by atoms with Gasteiger partial charge in [0.25, 0.3) is 0 Å². The zero-order valence-electron chi connectivity index (χ0n) is 48.1. The average Bonchev–Trinajstić information content (AvgIpc) is 3.54. The Balaban J connectivity index is 1.22. The van der Waals surface area contributed by atoms with Crippen molar-refractivity contribution < 1.29 is 52.3 Å². The van der Waals surface area contributed by atoms with E-state index in [1.54, 1.807) is 84.9 Å². The van der Waals surface area contributed by atoms with Crippen LogP contribution in [-0.2, 0) is 38.0 Å². The number of carbonyl (C=O) groups is 4. The van der Waals surface area contributed by atoms with Crippen molar-refractivity contribution >= 4 is 23.8 Å². The molecule has 2 aliphatic heterocycles. The Kier molecular flexibility index (Phi) is 30.3. The van der Waals surface area contributed by atoms with Gasteiger partial charge in [-0.05, 0) is 61.7 Å². The Labute approximate surface area is 478 Å². The Morgan fingerprint density at radius 3 is 1.46 bits per heavy atom. The molecule has 0 aromatic heterocycles. The van der Waals surface area contributed by atoms with Gasteiger partial charge < -0.3 is 38.5 Å². The fraction of sp³-hybridized carbons (Fsp3) is 0.559. The number of nitrogens with one attached hydrogen (secondary N) is 1. The Morgan fingerprint density at radius 2 is 0.963 bits per heavy atom. The largest absolute Gasteiger partial charge is 0.452 e. The van der Waals surface area contributed by atoms with Crippen molar-refractivity contribution in [2.75, 3.05) is 13.2 Å². The van der Waals surface area contributed by atoms with E-state index in [1.807, 2.05) is 48.6 Å². The molecule has 0 saturated carbocycles. The second-order valence-electron chi connectivity index (χ2n) is 21.7. The number of rotatable bonds is 39. The van der Waals surface area contributed by atoms with Gasteiger partial charge in [0.05, 0.1) is 35.9 Å². The van der Waals surface area contributed by atoms with Crippen LogP contribution in [0.5, 0.6) is 0 Å². The molecular formula is C68H93NO11. The summed E-state index contributed by atoms with van der Waals surface area (Å²) >= 11 is 0. The lowest BCUT2D eigenvalue weighted by atomic mass is 9.96. The number of allylic oxidation sites excluding steroid dienone is 1. The smallest absolute Gasteiger partial charge is 0.338 e. The highest BCUT2D eigenvalue weighted by atomic mass is 16.8. The first-order chi connectivity index (χ1) is 39.3. The summed E-state index contributed by atoms with van der Waals surface area (Å²) < 4.78 is 45.3. The summed E-state index contributed by atoms with van der Waals surface area (Å²) in [6, 6.07) is 34.3.